The Balaban J connectivity index is 1.68. The SMILES string of the molecule is CC[C@@H](C)NC(=O)COC(=O)c1c2c(nc3ccccc13)/C(=C/c1ccccc1)CC2. The first-order valence-electron chi connectivity index (χ1n) is 10.7. The summed E-state index contributed by atoms with van der Waals surface area (Å²) in [5.74, 6) is -0.766. The lowest BCUT2D eigenvalue weighted by Gasteiger charge is -2.14. The van der Waals surface area contributed by atoms with Crippen LogP contribution in [-0.2, 0) is 16.0 Å². The van der Waals surface area contributed by atoms with Crippen LogP contribution in [-0.4, -0.2) is 29.5 Å². The number of esters is 1. The van der Waals surface area contributed by atoms with Crippen LogP contribution in [0, 0.1) is 0 Å². The number of carbonyl (C=O) groups is 2. The molecule has 1 amide bonds. The van der Waals surface area contributed by atoms with Crippen molar-refractivity contribution in [3.05, 3.63) is 77.0 Å². The minimum Gasteiger partial charge on any atom is -0.452 e. The molecule has 5 heteroatoms. The predicted octanol–water partition coefficient (Wildman–Crippen LogP) is 4.79. The molecule has 0 fully saturated rings. The number of amides is 1. The van der Waals surface area contributed by atoms with E-state index in [1.807, 2.05) is 56.3 Å². The van der Waals surface area contributed by atoms with Gasteiger partial charge in [-0.3, -0.25) is 4.79 Å². The number of pyridine rings is 1. The number of hydrogen-bond donors (Lipinski definition) is 1. The Kier molecular flexibility index (Phi) is 6.12. The highest BCUT2D eigenvalue weighted by atomic mass is 16.5. The summed E-state index contributed by atoms with van der Waals surface area (Å²) >= 11 is 0. The maximum Gasteiger partial charge on any atom is 0.339 e. The molecule has 0 spiro atoms. The molecule has 1 N–H and O–H groups in total. The van der Waals surface area contributed by atoms with Gasteiger partial charge < -0.3 is 10.1 Å². The number of nitrogens with zero attached hydrogens (tertiary/aromatic N) is 1. The summed E-state index contributed by atoms with van der Waals surface area (Å²) in [4.78, 5) is 30.1. The second-order valence-electron chi connectivity index (χ2n) is 7.86. The summed E-state index contributed by atoms with van der Waals surface area (Å²) in [7, 11) is 0. The average molecular weight is 415 g/mol. The normalized spacial score (nSPS) is 15.0. The molecular weight excluding hydrogens is 388 g/mol. The number of carbonyl (C=O) groups excluding carboxylic acids is 2. The van der Waals surface area contributed by atoms with Crippen molar-refractivity contribution in [3.8, 4) is 0 Å². The van der Waals surface area contributed by atoms with Gasteiger partial charge in [-0.15, -0.1) is 0 Å². The molecule has 158 valence electrons. The average Bonchev–Trinajstić information content (AvgIpc) is 3.18. The molecule has 0 aliphatic heterocycles. The summed E-state index contributed by atoms with van der Waals surface area (Å²) in [5, 5.41) is 3.58. The first-order chi connectivity index (χ1) is 15.1. The van der Waals surface area contributed by atoms with Crippen molar-refractivity contribution < 1.29 is 14.3 Å². The minimum atomic E-state index is -0.477. The zero-order chi connectivity index (χ0) is 21.8. The number of benzene rings is 2. The summed E-state index contributed by atoms with van der Waals surface area (Å²) in [6.45, 7) is 3.62. The quantitative estimate of drug-likeness (QED) is 0.589. The Morgan fingerprint density at radius 1 is 1.10 bits per heavy atom. The number of nitrogens with one attached hydrogen (secondary N) is 1. The lowest BCUT2D eigenvalue weighted by atomic mass is 10.0. The maximum absolute atomic E-state index is 13.1. The number of para-hydroxylation sites is 1. The van der Waals surface area contributed by atoms with Gasteiger partial charge in [-0.2, -0.15) is 0 Å². The smallest absolute Gasteiger partial charge is 0.339 e. The van der Waals surface area contributed by atoms with Crippen LogP contribution in [0.3, 0.4) is 0 Å². The van der Waals surface area contributed by atoms with Crippen LogP contribution >= 0.6 is 0 Å². The van der Waals surface area contributed by atoms with E-state index in [1.54, 1.807) is 0 Å². The number of aromatic nitrogens is 1. The van der Waals surface area contributed by atoms with Crippen LogP contribution in [0.4, 0.5) is 0 Å². The number of rotatable bonds is 6. The third-order valence-electron chi connectivity index (χ3n) is 5.64. The molecule has 0 bridgehead atoms. The van der Waals surface area contributed by atoms with Gasteiger partial charge in [0.2, 0.25) is 0 Å². The van der Waals surface area contributed by atoms with Crippen LogP contribution in [0.1, 0.15) is 53.9 Å². The maximum atomic E-state index is 13.1. The largest absolute Gasteiger partial charge is 0.452 e. The minimum absolute atomic E-state index is 0.0443. The molecule has 1 heterocycles. The van der Waals surface area contributed by atoms with Crippen molar-refractivity contribution in [1.82, 2.24) is 10.3 Å². The van der Waals surface area contributed by atoms with E-state index < -0.39 is 5.97 Å². The topological polar surface area (TPSA) is 68.3 Å². The second-order valence-corrected chi connectivity index (χ2v) is 7.86. The highest BCUT2D eigenvalue weighted by molar-refractivity contribution is 6.07. The van der Waals surface area contributed by atoms with Crippen LogP contribution < -0.4 is 5.32 Å². The van der Waals surface area contributed by atoms with Crippen molar-refractivity contribution in [2.75, 3.05) is 6.61 Å². The molecule has 0 radical (unpaired) electrons. The van der Waals surface area contributed by atoms with E-state index in [0.29, 0.717) is 5.56 Å². The van der Waals surface area contributed by atoms with Crippen molar-refractivity contribution >= 4 is 34.4 Å². The number of fused-ring (bicyclic) bond motifs is 2. The van der Waals surface area contributed by atoms with Gasteiger partial charge in [0, 0.05) is 11.4 Å². The molecule has 0 unspecified atom stereocenters. The molecule has 0 saturated heterocycles. The molecule has 1 atom stereocenters. The lowest BCUT2D eigenvalue weighted by Crippen LogP contribution is -2.35. The van der Waals surface area contributed by atoms with Gasteiger partial charge in [-0.25, -0.2) is 9.78 Å². The van der Waals surface area contributed by atoms with E-state index in [4.69, 9.17) is 9.72 Å². The van der Waals surface area contributed by atoms with E-state index in [-0.39, 0.29) is 18.6 Å². The van der Waals surface area contributed by atoms with E-state index in [1.165, 1.54) is 0 Å². The van der Waals surface area contributed by atoms with Gasteiger partial charge in [-0.1, -0.05) is 55.5 Å². The molecule has 1 aliphatic carbocycles. The third-order valence-corrected chi connectivity index (χ3v) is 5.64. The van der Waals surface area contributed by atoms with Gasteiger partial charge in [0.1, 0.15) is 0 Å². The molecule has 4 rings (SSSR count). The van der Waals surface area contributed by atoms with Crippen LogP contribution in [0.25, 0.3) is 22.6 Å². The zero-order valence-corrected chi connectivity index (χ0v) is 17.9. The van der Waals surface area contributed by atoms with Gasteiger partial charge in [0.05, 0.1) is 16.8 Å². The lowest BCUT2D eigenvalue weighted by molar-refractivity contribution is -0.124. The number of hydrogen-bond acceptors (Lipinski definition) is 4. The Bertz CT molecular complexity index is 1150. The van der Waals surface area contributed by atoms with Gasteiger partial charge in [0.25, 0.3) is 5.91 Å². The monoisotopic (exact) mass is 414 g/mol. The number of ether oxygens (including phenoxy) is 1. The molecule has 0 saturated carbocycles. The summed E-state index contributed by atoms with van der Waals surface area (Å²) in [6, 6.07) is 17.7. The van der Waals surface area contributed by atoms with Gasteiger partial charge in [-0.05, 0) is 55.0 Å². The van der Waals surface area contributed by atoms with E-state index in [0.717, 1.165) is 52.6 Å². The standard InChI is InChI=1S/C26H26N2O3/c1-3-17(2)27-23(29)16-31-26(30)24-20-11-7-8-12-22(20)28-25-19(13-14-21(24)25)15-18-9-5-4-6-10-18/h4-12,15,17H,3,13-14,16H2,1-2H3,(H,27,29)/b19-15+/t17-/m1/s1. The summed E-state index contributed by atoms with van der Waals surface area (Å²) in [6.07, 6.45) is 4.47. The van der Waals surface area contributed by atoms with Crippen LogP contribution in [0.15, 0.2) is 54.6 Å². The zero-order valence-electron chi connectivity index (χ0n) is 17.9. The first-order valence-corrected chi connectivity index (χ1v) is 10.7. The molecular formula is C26H26N2O3. The van der Waals surface area contributed by atoms with Gasteiger partial charge >= 0.3 is 5.97 Å². The Labute approximate surface area is 182 Å². The molecule has 1 aliphatic rings. The Morgan fingerprint density at radius 3 is 2.61 bits per heavy atom. The van der Waals surface area contributed by atoms with Gasteiger partial charge in [0.15, 0.2) is 6.61 Å². The molecule has 1 aromatic heterocycles. The fraction of sp³-hybridized carbons (Fsp3) is 0.269. The molecule has 2 aromatic carbocycles. The predicted molar refractivity (Wildman–Crippen MR) is 123 cm³/mol. The third kappa shape index (κ3) is 4.50. The van der Waals surface area contributed by atoms with E-state index in [9.17, 15) is 9.59 Å². The molecule has 31 heavy (non-hydrogen) atoms. The fourth-order valence-corrected chi connectivity index (χ4v) is 3.88. The van der Waals surface area contributed by atoms with Crippen LogP contribution in [0.2, 0.25) is 0 Å². The fourth-order valence-electron chi connectivity index (χ4n) is 3.88. The first kappa shape index (κ1) is 20.8. The van der Waals surface area contributed by atoms with Crippen molar-refractivity contribution in [2.45, 2.75) is 39.2 Å². The highest BCUT2D eigenvalue weighted by Crippen LogP contribution is 2.37. The van der Waals surface area contributed by atoms with E-state index in [2.05, 4.69) is 23.5 Å². The van der Waals surface area contributed by atoms with Crippen molar-refractivity contribution in [1.29, 1.82) is 0 Å². The Hall–Kier alpha value is -3.47. The van der Waals surface area contributed by atoms with Crippen LogP contribution in [0.5, 0.6) is 0 Å². The Morgan fingerprint density at radius 2 is 1.84 bits per heavy atom. The second kappa shape index (κ2) is 9.13. The van der Waals surface area contributed by atoms with E-state index >= 15 is 0 Å². The molecule has 5 nitrogen and oxygen atoms in total. The summed E-state index contributed by atoms with van der Waals surface area (Å²) in [5.41, 5.74) is 5.22. The summed E-state index contributed by atoms with van der Waals surface area (Å²) < 4.78 is 5.42. The molecule has 3 aromatic rings. The van der Waals surface area contributed by atoms with Crippen molar-refractivity contribution in [2.24, 2.45) is 0 Å². The number of allylic oxidation sites excluding steroid dienone is 1. The van der Waals surface area contributed by atoms with Crippen molar-refractivity contribution in [3.63, 3.8) is 0 Å². The highest BCUT2D eigenvalue weighted by Gasteiger charge is 2.28.